The highest BCUT2D eigenvalue weighted by molar-refractivity contribution is 5.01. The maximum Gasteiger partial charge on any atom is 0.0862 e. The zero-order chi connectivity index (χ0) is 35.5. The van der Waals surface area contributed by atoms with Crippen LogP contribution in [0.3, 0.4) is 0 Å². The molecule has 49 heavy (non-hydrogen) atoms. The standard InChI is InChI=1S/C46H74O3/c1-7-9-11-13-15-17-19-21-23-25-27-29-31-33-41-35-37-45(3,4)43(48-41)39-47-40-44-46(5,6)38-36-42(49-44)34-32-30-28-26-24-22-20-18-16-14-12-10-8-2/h9-12,15-18,21-24,27-30,41-44H,7-8,13-14,19-20,25-26,31-40H2,1-6H3/b11-9-,12-10-,17-15-,18-16-,23-21-,24-22-,29-27-,30-28-. The number of hydrogen-bond donors (Lipinski definition) is 0. The van der Waals surface area contributed by atoms with E-state index in [-0.39, 0.29) is 23.0 Å². The molecule has 0 radical (unpaired) electrons. The van der Waals surface area contributed by atoms with Crippen LogP contribution < -0.4 is 0 Å². The molecule has 0 aromatic rings. The molecule has 2 saturated heterocycles. The van der Waals surface area contributed by atoms with Gasteiger partial charge in [-0.3, -0.25) is 0 Å². The number of ether oxygens (including phenoxy) is 3. The normalized spacial score (nSPS) is 24.9. The van der Waals surface area contributed by atoms with Crippen molar-refractivity contribution in [2.45, 2.75) is 169 Å². The van der Waals surface area contributed by atoms with Gasteiger partial charge in [0.05, 0.1) is 37.6 Å². The van der Waals surface area contributed by atoms with Gasteiger partial charge in [-0.1, -0.05) is 139 Å². The molecule has 0 amide bonds. The van der Waals surface area contributed by atoms with E-state index in [0.29, 0.717) is 25.4 Å². The van der Waals surface area contributed by atoms with Crippen LogP contribution in [0.15, 0.2) is 97.2 Å². The Morgan fingerprint density at radius 1 is 0.469 bits per heavy atom. The van der Waals surface area contributed by atoms with E-state index in [0.717, 1.165) is 89.9 Å². The monoisotopic (exact) mass is 675 g/mol. The summed E-state index contributed by atoms with van der Waals surface area (Å²) in [5, 5.41) is 0. The number of hydrogen-bond acceptors (Lipinski definition) is 3. The van der Waals surface area contributed by atoms with Crippen LogP contribution in [-0.2, 0) is 14.2 Å². The highest BCUT2D eigenvalue weighted by Crippen LogP contribution is 2.39. The molecule has 0 spiro atoms. The molecular formula is C46H74O3. The fourth-order valence-electron chi connectivity index (χ4n) is 6.35. The lowest BCUT2D eigenvalue weighted by Gasteiger charge is -2.44. The quantitative estimate of drug-likeness (QED) is 0.0954. The van der Waals surface area contributed by atoms with Crippen molar-refractivity contribution in [1.82, 2.24) is 0 Å². The van der Waals surface area contributed by atoms with Gasteiger partial charge >= 0.3 is 0 Å². The summed E-state index contributed by atoms with van der Waals surface area (Å²) in [4.78, 5) is 0. The Morgan fingerprint density at radius 3 is 1.10 bits per heavy atom. The minimum atomic E-state index is 0.129. The van der Waals surface area contributed by atoms with Crippen molar-refractivity contribution in [1.29, 1.82) is 0 Å². The molecule has 2 heterocycles. The molecule has 0 aromatic carbocycles. The summed E-state index contributed by atoms with van der Waals surface area (Å²) in [5.41, 5.74) is 0.265. The van der Waals surface area contributed by atoms with E-state index in [1.54, 1.807) is 0 Å². The van der Waals surface area contributed by atoms with E-state index in [4.69, 9.17) is 14.2 Å². The fraction of sp³-hybridized carbons (Fsp3) is 0.652. The SMILES string of the molecule is CC/C=C\C/C=C\C/C=C\C/C=C\CCC1CCC(C)(C)C(COCC2OC(CC/C=C\C/C=C\C/C=C\C/C=C\CC)CCC2(C)C)O1. The molecule has 4 unspecified atom stereocenters. The van der Waals surface area contributed by atoms with Crippen molar-refractivity contribution in [2.24, 2.45) is 10.8 Å². The van der Waals surface area contributed by atoms with Crippen molar-refractivity contribution >= 4 is 0 Å². The van der Waals surface area contributed by atoms with Crippen molar-refractivity contribution in [3.05, 3.63) is 97.2 Å². The number of rotatable bonds is 24. The van der Waals surface area contributed by atoms with Crippen molar-refractivity contribution in [3.8, 4) is 0 Å². The Bertz CT molecular complexity index is 982. The lowest BCUT2D eigenvalue weighted by Crippen LogP contribution is -2.46. The highest BCUT2D eigenvalue weighted by Gasteiger charge is 2.40. The van der Waals surface area contributed by atoms with Gasteiger partial charge in [0.25, 0.3) is 0 Å². The molecule has 3 nitrogen and oxygen atoms in total. The molecule has 0 bridgehead atoms. The van der Waals surface area contributed by atoms with Gasteiger partial charge in [0.15, 0.2) is 0 Å². The lowest BCUT2D eigenvalue weighted by molar-refractivity contribution is -0.176. The summed E-state index contributed by atoms with van der Waals surface area (Å²) >= 11 is 0. The van der Waals surface area contributed by atoms with Crippen molar-refractivity contribution in [3.63, 3.8) is 0 Å². The highest BCUT2D eigenvalue weighted by atomic mass is 16.6. The predicted molar refractivity (Wildman–Crippen MR) is 214 cm³/mol. The molecule has 0 saturated carbocycles. The van der Waals surface area contributed by atoms with Gasteiger partial charge < -0.3 is 14.2 Å². The Morgan fingerprint density at radius 2 is 0.776 bits per heavy atom. The molecule has 3 heteroatoms. The van der Waals surface area contributed by atoms with Crippen LogP contribution in [-0.4, -0.2) is 37.6 Å². The van der Waals surface area contributed by atoms with E-state index in [9.17, 15) is 0 Å². The molecule has 2 fully saturated rings. The lowest BCUT2D eigenvalue weighted by atomic mass is 9.78. The average Bonchev–Trinajstić information content (AvgIpc) is 3.07. The predicted octanol–water partition coefficient (Wildman–Crippen LogP) is 13.3. The molecule has 4 atom stereocenters. The minimum absolute atomic E-state index is 0.129. The largest absolute Gasteiger partial charge is 0.376 e. The van der Waals surface area contributed by atoms with Crippen LogP contribution >= 0.6 is 0 Å². The third-order valence-electron chi connectivity index (χ3n) is 9.96. The summed E-state index contributed by atoms with van der Waals surface area (Å²) < 4.78 is 19.7. The molecule has 0 N–H and O–H groups in total. The smallest absolute Gasteiger partial charge is 0.0862 e. The molecule has 0 aromatic heterocycles. The van der Waals surface area contributed by atoms with E-state index in [1.807, 2.05) is 0 Å². The minimum Gasteiger partial charge on any atom is -0.376 e. The maximum atomic E-state index is 6.66. The topological polar surface area (TPSA) is 27.7 Å². The second-order valence-corrected chi connectivity index (χ2v) is 15.2. The summed E-state index contributed by atoms with van der Waals surface area (Å²) in [7, 11) is 0. The third-order valence-corrected chi connectivity index (χ3v) is 9.96. The molecule has 276 valence electrons. The van der Waals surface area contributed by atoms with Crippen LogP contribution in [0.5, 0.6) is 0 Å². The van der Waals surface area contributed by atoms with E-state index < -0.39 is 0 Å². The fourth-order valence-corrected chi connectivity index (χ4v) is 6.35. The zero-order valence-corrected chi connectivity index (χ0v) is 32.5. The van der Waals surface area contributed by atoms with Crippen LogP contribution in [0.25, 0.3) is 0 Å². The summed E-state index contributed by atoms with van der Waals surface area (Å²) in [5.74, 6) is 0. The molecule has 2 aliphatic rings. The van der Waals surface area contributed by atoms with Crippen molar-refractivity contribution < 1.29 is 14.2 Å². The van der Waals surface area contributed by atoms with Gasteiger partial charge in [-0.25, -0.2) is 0 Å². The molecule has 2 rings (SSSR count). The Balaban J connectivity index is 1.65. The first-order chi connectivity index (χ1) is 23.8. The Labute approximate surface area is 303 Å². The van der Waals surface area contributed by atoms with Gasteiger partial charge in [0.2, 0.25) is 0 Å². The Hall–Kier alpha value is -2.20. The number of allylic oxidation sites excluding steroid dienone is 16. The van der Waals surface area contributed by atoms with E-state index >= 15 is 0 Å². The second-order valence-electron chi connectivity index (χ2n) is 15.2. The van der Waals surface area contributed by atoms with Gasteiger partial charge in [-0.2, -0.15) is 0 Å². The average molecular weight is 675 g/mol. The molecular weight excluding hydrogens is 601 g/mol. The summed E-state index contributed by atoms with van der Waals surface area (Å²) in [6.45, 7) is 15.0. The van der Waals surface area contributed by atoms with Crippen LogP contribution in [0.2, 0.25) is 0 Å². The van der Waals surface area contributed by atoms with Crippen LogP contribution in [0.4, 0.5) is 0 Å². The van der Waals surface area contributed by atoms with Crippen molar-refractivity contribution in [2.75, 3.05) is 13.2 Å². The first kappa shape index (κ1) is 43.0. The van der Waals surface area contributed by atoms with E-state index in [2.05, 4.69) is 139 Å². The maximum absolute atomic E-state index is 6.66. The van der Waals surface area contributed by atoms with Gasteiger partial charge in [-0.05, 0) is 114 Å². The molecule has 2 aliphatic heterocycles. The van der Waals surface area contributed by atoms with Gasteiger partial charge in [0, 0.05) is 0 Å². The Kier molecular flexibility index (Phi) is 23.3. The summed E-state index contributed by atoms with van der Waals surface area (Å²) in [6, 6.07) is 0. The van der Waals surface area contributed by atoms with Crippen LogP contribution in [0.1, 0.15) is 144 Å². The first-order valence-electron chi connectivity index (χ1n) is 19.9. The second kappa shape index (κ2) is 26.6. The summed E-state index contributed by atoms with van der Waals surface area (Å²) in [6.07, 6.45) is 54.3. The van der Waals surface area contributed by atoms with Gasteiger partial charge in [0.1, 0.15) is 0 Å². The van der Waals surface area contributed by atoms with Gasteiger partial charge in [-0.15, -0.1) is 0 Å². The zero-order valence-electron chi connectivity index (χ0n) is 32.5. The third kappa shape index (κ3) is 20.3. The first-order valence-corrected chi connectivity index (χ1v) is 19.9. The molecule has 0 aliphatic carbocycles. The van der Waals surface area contributed by atoms with E-state index in [1.165, 1.54) is 12.8 Å². The van der Waals surface area contributed by atoms with Crippen LogP contribution in [0, 0.1) is 10.8 Å².